The highest BCUT2D eigenvalue weighted by molar-refractivity contribution is 7.89. The minimum atomic E-state index is -3.75. The third-order valence-corrected chi connectivity index (χ3v) is 7.13. The Bertz CT molecular complexity index is 868. The molecule has 2 aromatic rings. The highest BCUT2D eigenvalue weighted by Crippen LogP contribution is 2.32. The number of nitrogens with zero attached hydrogens (tertiary/aromatic N) is 1. The van der Waals surface area contributed by atoms with Crippen LogP contribution in [-0.4, -0.2) is 32.4 Å². The van der Waals surface area contributed by atoms with Crippen molar-refractivity contribution >= 4 is 44.8 Å². The van der Waals surface area contributed by atoms with E-state index < -0.39 is 10.0 Å². The number of hydrogen-bond acceptors (Lipinski definition) is 3. The zero-order chi connectivity index (χ0) is 18.7. The van der Waals surface area contributed by atoms with E-state index in [1.165, 1.54) is 17.7 Å². The van der Waals surface area contributed by atoms with E-state index in [-0.39, 0.29) is 26.0 Å². The highest BCUT2D eigenvalue weighted by atomic mass is 35.5. The highest BCUT2D eigenvalue weighted by Gasteiger charge is 2.26. The van der Waals surface area contributed by atoms with Crippen LogP contribution in [-0.2, 0) is 16.6 Å². The zero-order valence-corrected chi connectivity index (χ0v) is 17.0. The molecule has 26 heavy (non-hydrogen) atoms. The van der Waals surface area contributed by atoms with Crippen molar-refractivity contribution in [2.75, 3.05) is 13.1 Å². The van der Waals surface area contributed by atoms with E-state index in [2.05, 4.69) is 21.8 Å². The molecule has 1 aliphatic heterocycles. The average molecular weight is 434 g/mol. The first-order chi connectivity index (χ1) is 12.3. The standard InChI is InChI=1S/C18H19Cl3N2O2S/c19-15-10-17(21)18(11-16(15)20)26(24,25)22-14-6-8-23(9-7-14)12-13-4-2-1-3-5-13/h1-5,10-11,14,22H,6-9,12H2. The van der Waals surface area contributed by atoms with E-state index in [0.29, 0.717) is 0 Å². The van der Waals surface area contributed by atoms with Gasteiger partial charge in [-0.2, -0.15) is 0 Å². The van der Waals surface area contributed by atoms with Crippen molar-refractivity contribution in [3.63, 3.8) is 0 Å². The van der Waals surface area contributed by atoms with Crippen LogP contribution in [0.2, 0.25) is 15.1 Å². The summed E-state index contributed by atoms with van der Waals surface area (Å²) in [5, 5.41) is 0.451. The van der Waals surface area contributed by atoms with E-state index in [1.54, 1.807) is 0 Å². The number of halogens is 3. The van der Waals surface area contributed by atoms with Crippen LogP contribution in [0.25, 0.3) is 0 Å². The van der Waals surface area contributed by atoms with Crippen molar-refractivity contribution < 1.29 is 8.42 Å². The normalized spacial score (nSPS) is 16.7. The van der Waals surface area contributed by atoms with Gasteiger partial charge in [0.25, 0.3) is 0 Å². The summed E-state index contributed by atoms with van der Waals surface area (Å²) in [6.07, 6.45) is 1.48. The number of rotatable bonds is 5. The number of benzene rings is 2. The van der Waals surface area contributed by atoms with Gasteiger partial charge < -0.3 is 0 Å². The molecule has 0 amide bonds. The van der Waals surface area contributed by atoms with Crippen molar-refractivity contribution in [2.45, 2.75) is 30.3 Å². The summed E-state index contributed by atoms with van der Waals surface area (Å²) in [5.41, 5.74) is 1.26. The summed E-state index contributed by atoms with van der Waals surface area (Å²) >= 11 is 17.9. The Morgan fingerprint density at radius 1 is 0.962 bits per heavy atom. The van der Waals surface area contributed by atoms with E-state index in [4.69, 9.17) is 34.8 Å². The number of hydrogen-bond donors (Lipinski definition) is 1. The molecule has 0 unspecified atom stereocenters. The van der Waals surface area contributed by atoms with Crippen molar-refractivity contribution in [2.24, 2.45) is 0 Å². The van der Waals surface area contributed by atoms with Gasteiger partial charge in [-0.1, -0.05) is 65.1 Å². The number of sulfonamides is 1. The summed E-state index contributed by atoms with van der Waals surface area (Å²) in [6, 6.07) is 12.8. The second-order valence-electron chi connectivity index (χ2n) is 6.35. The Hall–Kier alpha value is -0.820. The molecule has 0 atom stereocenters. The van der Waals surface area contributed by atoms with Crippen LogP contribution in [0.1, 0.15) is 18.4 Å². The van der Waals surface area contributed by atoms with Gasteiger partial charge in [0.2, 0.25) is 10.0 Å². The molecule has 0 aliphatic carbocycles. The third-order valence-electron chi connectivity index (χ3n) is 4.42. The summed E-state index contributed by atoms with van der Waals surface area (Å²) in [5.74, 6) is 0. The second-order valence-corrected chi connectivity index (χ2v) is 9.26. The molecule has 0 spiro atoms. The average Bonchev–Trinajstić information content (AvgIpc) is 2.60. The van der Waals surface area contributed by atoms with Gasteiger partial charge in [-0.25, -0.2) is 13.1 Å². The maximum Gasteiger partial charge on any atom is 0.242 e. The number of likely N-dealkylation sites (tertiary alicyclic amines) is 1. The van der Waals surface area contributed by atoms with Crippen LogP contribution in [0.3, 0.4) is 0 Å². The van der Waals surface area contributed by atoms with Crippen LogP contribution in [0.4, 0.5) is 0 Å². The summed E-state index contributed by atoms with van der Waals surface area (Å²) in [7, 11) is -3.75. The lowest BCUT2D eigenvalue weighted by Crippen LogP contribution is -2.44. The number of nitrogens with one attached hydrogen (secondary N) is 1. The Labute approximate surface area is 169 Å². The summed E-state index contributed by atoms with van der Waals surface area (Å²) in [6.45, 7) is 2.54. The van der Waals surface area contributed by atoms with Crippen LogP contribution < -0.4 is 4.72 Å². The van der Waals surface area contributed by atoms with Crippen molar-refractivity contribution in [1.82, 2.24) is 9.62 Å². The van der Waals surface area contributed by atoms with Gasteiger partial charge in [-0.15, -0.1) is 0 Å². The van der Waals surface area contributed by atoms with Crippen LogP contribution in [0.5, 0.6) is 0 Å². The van der Waals surface area contributed by atoms with Crippen LogP contribution in [0.15, 0.2) is 47.4 Å². The van der Waals surface area contributed by atoms with Gasteiger partial charge in [-0.05, 0) is 30.5 Å². The second kappa shape index (κ2) is 8.46. The first-order valence-electron chi connectivity index (χ1n) is 8.28. The van der Waals surface area contributed by atoms with Gasteiger partial charge in [0.1, 0.15) is 4.90 Å². The summed E-state index contributed by atoms with van der Waals surface area (Å²) in [4.78, 5) is 2.28. The van der Waals surface area contributed by atoms with Gasteiger partial charge in [-0.3, -0.25) is 4.90 Å². The van der Waals surface area contributed by atoms with Crippen molar-refractivity contribution in [3.05, 3.63) is 63.1 Å². The molecule has 140 valence electrons. The Morgan fingerprint density at radius 2 is 1.58 bits per heavy atom. The number of piperidine rings is 1. The monoisotopic (exact) mass is 432 g/mol. The Balaban J connectivity index is 1.61. The Morgan fingerprint density at radius 3 is 2.23 bits per heavy atom. The van der Waals surface area contributed by atoms with E-state index >= 15 is 0 Å². The Kier molecular flexibility index (Phi) is 6.49. The zero-order valence-electron chi connectivity index (χ0n) is 14.0. The fourth-order valence-corrected chi connectivity index (χ4v) is 5.35. The molecule has 8 heteroatoms. The molecule has 1 heterocycles. The molecule has 1 N–H and O–H groups in total. The fraction of sp³-hybridized carbons (Fsp3) is 0.333. The molecule has 0 aromatic heterocycles. The fourth-order valence-electron chi connectivity index (χ4n) is 3.04. The lowest BCUT2D eigenvalue weighted by atomic mass is 10.1. The predicted molar refractivity (Wildman–Crippen MR) is 107 cm³/mol. The van der Waals surface area contributed by atoms with E-state index in [1.807, 2.05) is 18.2 Å². The molecule has 0 saturated carbocycles. The van der Waals surface area contributed by atoms with Gasteiger partial charge in [0.15, 0.2) is 0 Å². The minimum absolute atomic E-state index is 0.0414. The maximum atomic E-state index is 12.6. The SMILES string of the molecule is O=S(=O)(NC1CCN(Cc2ccccc2)CC1)c1cc(Cl)c(Cl)cc1Cl. The van der Waals surface area contributed by atoms with Gasteiger partial charge in [0, 0.05) is 25.7 Å². The maximum absolute atomic E-state index is 12.6. The largest absolute Gasteiger partial charge is 0.299 e. The molecular weight excluding hydrogens is 415 g/mol. The van der Waals surface area contributed by atoms with Crippen LogP contribution in [0, 0.1) is 0 Å². The predicted octanol–water partition coefficient (Wildman–Crippen LogP) is 4.59. The lowest BCUT2D eigenvalue weighted by molar-refractivity contribution is 0.200. The third kappa shape index (κ3) is 4.91. The minimum Gasteiger partial charge on any atom is -0.299 e. The van der Waals surface area contributed by atoms with Gasteiger partial charge in [0.05, 0.1) is 15.1 Å². The molecule has 1 fully saturated rings. The topological polar surface area (TPSA) is 49.4 Å². The molecule has 4 nitrogen and oxygen atoms in total. The first kappa shape index (κ1) is 19.9. The molecule has 1 aliphatic rings. The van der Waals surface area contributed by atoms with E-state index in [0.717, 1.165) is 32.5 Å². The van der Waals surface area contributed by atoms with Crippen molar-refractivity contribution in [3.8, 4) is 0 Å². The van der Waals surface area contributed by atoms with Crippen LogP contribution >= 0.6 is 34.8 Å². The molecule has 0 bridgehead atoms. The first-order valence-corrected chi connectivity index (χ1v) is 10.9. The smallest absolute Gasteiger partial charge is 0.242 e. The molecule has 1 saturated heterocycles. The molecular formula is C18H19Cl3N2O2S. The quantitative estimate of drug-likeness (QED) is 0.702. The lowest BCUT2D eigenvalue weighted by Gasteiger charge is -2.32. The molecule has 3 rings (SSSR count). The van der Waals surface area contributed by atoms with Gasteiger partial charge >= 0.3 is 0 Å². The summed E-state index contributed by atoms with van der Waals surface area (Å²) < 4.78 is 28.0. The molecule has 0 radical (unpaired) electrons. The van der Waals surface area contributed by atoms with Crippen molar-refractivity contribution in [1.29, 1.82) is 0 Å². The molecule has 2 aromatic carbocycles. The van der Waals surface area contributed by atoms with E-state index in [9.17, 15) is 8.42 Å².